The second kappa shape index (κ2) is 8.98. The van der Waals surface area contributed by atoms with Crippen molar-refractivity contribution in [3.05, 3.63) is 35.9 Å². The molecular weight excluding hydrogens is 328 g/mol. The number of hydrogen-bond acceptors (Lipinski definition) is 4. The summed E-state index contributed by atoms with van der Waals surface area (Å²) in [4.78, 5) is 17.1. The quantitative estimate of drug-likeness (QED) is 0.842. The number of benzene rings is 1. The standard InChI is InChI=1S/C21H32N2O3/c1-26-15-14-22-13-10-19(24)21(16-22)11-5-12-23(17-21)20(25)9-8-18-6-3-2-4-7-18/h2-4,6-7,19,24H,5,8-17H2,1H3/t19-,21-/m1/s1. The molecular formula is C21H32N2O3. The van der Waals surface area contributed by atoms with E-state index in [9.17, 15) is 9.90 Å². The number of amides is 1. The molecule has 2 aliphatic rings. The second-order valence-electron chi connectivity index (χ2n) is 7.84. The maximum Gasteiger partial charge on any atom is 0.222 e. The fourth-order valence-corrected chi connectivity index (χ4v) is 4.48. The first-order valence-electron chi connectivity index (χ1n) is 9.84. The Morgan fingerprint density at radius 3 is 2.85 bits per heavy atom. The van der Waals surface area contributed by atoms with Crippen molar-refractivity contribution in [1.82, 2.24) is 9.80 Å². The van der Waals surface area contributed by atoms with Crippen molar-refractivity contribution in [3.8, 4) is 0 Å². The lowest BCUT2D eigenvalue weighted by molar-refractivity contribution is -0.141. The molecule has 144 valence electrons. The van der Waals surface area contributed by atoms with Crippen LogP contribution in [0.4, 0.5) is 0 Å². The highest BCUT2D eigenvalue weighted by molar-refractivity contribution is 5.76. The maximum absolute atomic E-state index is 12.8. The number of carbonyl (C=O) groups excluding carboxylic acids is 1. The van der Waals surface area contributed by atoms with E-state index in [0.29, 0.717) is 19.6 Å². The first kappa shape index (κ1) is 19.3. The summed E-state index contributed by atoms with van der Waals surface area (Å²) < 4.78 is 5.21. The monoisotopic (exact) mass is 360 g/mol. The van der Waals surface area contributed by atoms with Gasteiger partial charge in [-0.3, -0.25) is 4.79 Å². The van der Waals surface area contributed by atoms with Crippen LogP contribution >= 0.6 is 0 Å². The van der Waals surface area contributed by atoms with E-state index in [-0.39, 0.29) is 17.4 Å². The number of aryl methyl sites for hydroxylation is 1. The third-order valence-electron chi connectivity index (χ3n) is 6.01. The average Bonchev–Trinajstić information content (AvgIpc) is 2.68. The Kier molecular flexibility index (Phi) is 6.68. The molecule has 1 aromatic rings. The molecule has 1 N–H and O–H groups in total. The van der Waals surface area contributed by atoms with Gasteiger partial charge in [-0.2, -0.15) is 0 Å². The molecule has 0 aliphatic carbocycles. The van der Waals surface area contributed by atoms with Crippen LogP contribution in [0.3, 0.4) is 0 Å². The van der Waals surface area contributed by atoms with E-state index in [1.807, 2.05) is 23.1 Å². The Morgan fingerprint density at radius 1 is 1.27 bits per heavy atom. The Morgan fingerprint density at radius 2 is 2.08 bits per heavy atom. The fraction of sp³-hybridized carbons (Fsp3) is 0.667. The largest absolute Gasteiger partial charge is 0.392 e. The molecule has 5 heteroatoms. The van der Waals surface area contributed by atoms with Crippen molar-refractivity contribution in [3.63, 3.8) is 0 Å². The zero-order valence-electron chi connectivity index (χ0n) is 15.9. The number of likely N-dealkylation sites (tertiary alicyclic amines) is 2. The van der Waals surface area contributed by atoms with E-state index >= 15 is 0 Å². The fourth-order valence-electron chi connectivity index (χ4n) is 4.48. The zero-order valence-corrected chi connectivity index (χ0v) is 15.9. The summed E-state index contributed by atoms with van der Waals surface area (Å²) in [7, 11) is 1.72. The molecule has 2 aliphatic heterocycles. The zero-order chi connectivity index (χ0) is 18.4. The minimum Gasteiger partial charge on any atom is -0.392 e. The summed E-state index contributed by atoms with van der Waals surface area (Å²) in [5.41, 5.74) is 1.03. The van der Waals surface area contributed by atoms with E-state index < -0.39 is 0 Å². The van der Waals surface area contributed by atoms with Gasteiger partial charge < -0.3 is 19.6 Å². The Hall–Kier alpha value is -1.43. The molecule has 0 aromatic heterocycles. The molecule has 0 bridgehead atoms. The molecule has 2 fully saturated rings. The minimum atomic E-state index is -0.314. The SMILES string of the molecule is COCCN1CC[C@@H](O)[C@]2(CCCN(C(=O)CCc3ccccc3)C2)C1. The van der Waals surface area contributed by atoms with E-state index in [1.54, 1.807) is 7.11 Å². The molecule has 2 atom stereocenters. The molecule has 0 unspecified atom stereocenters. The third kappa shape index (κ3) is 4.64. The van der Waals surface area contributed by atoms with Gasteiger partial charge in [-0.15, -0.1) is 0 Å². The Labute approximate surface area is 156 Å². The molecule has 2 heterocycles. The van der Waals surface area contributed by atoms with Crippen LogP contribution in [0.5, 0.6) is 0 Å². The van der Waals surface area contributed by atoms with Crippen LogP contribution in [0.2, 0.25) is 0 Å². The summed E-state index contributed by atoms with van der Waals surface area (Å²) in [6.07, 6.45) is 3.78. The van der Waals surface area contributed by atoms with Crippen LogP contribution in [0, 0.1) is 5.41 Å². The lowest BCUT2D eigenvalue weighted by Crippen LogP contribution is -2.60. The topological polar surface area (TPSA) is 53.0 Å². The lowest BCUT2D eigenvalue weighted by Gasteiger charge is -2.51. The van der Waals surface area contributed by atoms with E-state index in [0.717, 1.165) is 51.9 Å². The van der Waals surface area contributed by atoms with Crippen LogP contribution in [-0.4, -0.2) is 73.4 Å². The van der Waals surface area contributed by atoms with Gasteiger partial charge in [0, 0.05) is 51.7 Å². The van der Waals surface area contributed by atoms with Gasteiger partial charge in [-0.1, -0.05) is 30.3 Å². The molecule has 3 rings (SSSR count). The summed E-state index contributed by atoms with van der Waals surface area (Å²) in [6, 6.07) is 10.2. The van der Waals surface area contributed by atoms with Crippen molar-refractivity contribution in [1.29, 1.82) is 0 Å². The maximum atomic E-state index is 12.8. The van der Waals surface area contributed by atoms with Crippen LogP contribution in [0.1, 0.15) is 31.2 Å². The van der Waals surface area contributed by atoms with Crippen molar-refractivity contribution in [2.75, 3.05) is 46.4 Å². The average molecular weight is 360 g/mol. The number of piperidine rings is 2. The van der Waals surface area contributed by atoms with Crippen molar-refractivity contribution >= 4 is 5.91 Å². The number of aliphatic hydroxyl groups is 1. The number of carbonyl (C=O) groups is 1. The molecule has 0 radical (unpaired) electrons. The smallest absolute Gasteiger partial charge is 0.222 e. The third-order valence-corrected chi connectivity index (χ3v) is 6.01. The van der Waals surface area contributed by atoms with E-state index in [4.69, 9.17) is 4.74 Å². The number of rotatable bonds is 6. The highest BCUT2D eigenvalue weighted by Crippen LogP contribution is 2.39. The number of hydrogen-bond donors (Lipinski definition) is 1. The molecule has 1 amide bonds. The van der Waals surface area contributed by atoms with Gasteiger partial charge in [0.25, 0.3) is 0 Å². The highest BCUT2D eigenvalue weighted by atomic mass is 16.5. The lowest BCUT2D eigenvalue weighted by atomic mass is 9.71. The van der Waals surface area contributed by atoms with Gasteiger partial charge >= 0.3 is 0 Å². The van der Waals surface area contributed by atoms with Crippen molar-refractivity contribution in [2.45, 2.75) is 38.2 Å². The van der Waals surface area contributed by atoms with Crippen molar-refractivity contribution < 1.29 is 14.6 Å². The first-order chi connectivity index (χ1) is 12.6. The van der Waals surface area contributed by atoms with Crippen LogP contribution in [0.25, 0.3) is 0 Å². The number of methoxy groups -OCH3 is 1. The van der Waals surface area contributed by atoms with E-state index in [2.05, 4.69) is 17.0 Å². The van der Waals surface area contributed by atoms with Gasteiger partial charge in [-0.25, -0.2) is 0 Å². The van der Waals surface area contributed by atoms with Crippen LogP contribution < -0.4 is 0 Å². The minimum absolute atomic E-state index is 0.174. The first-order valence-corrected chi connectivity index (χ1v) is 9.84. The van der Waals surface area contributed by atoms with Gasteiger partial charge in [-0.05, 0) is 31.2 Å². The van der Waals surface area contributed by atoms with Gasteiger partial charge in [0.05, 0.1) is 12.7 Å². The van der Waals surface area contributed by atoms with Gasteiger partial charge in [0.1, 0.15) is 0 Å². The molecule has 1 aromatic carbocycles. The number of ether oxygens (including phenoxy) is 1. The van der Waals surface area contributed by atoms with Gasteiger partial charge in [0.15, 0.2) is 0 Å². The summed E-state index contributed by atoms with van der Waals surface area (Å²) in [5.74, 6) is 0.217. The van der Waals surface area contributed by atoms with Crippen LogP contribution in [-0.2, 0) is 16.0 Å². The summed E-state index contributed by atoms with van der Waals surface area (Å²) >= 11 is 0. The number of nitrogens with zero attached hydrogens (tertiary/aromatic N) is 2. The van der Waals surface area contributed by atoms with Crippen molar-refractivity contribution in [2.24, 2.45) is 5.41 Å². The highest BCUT2D eigenvalue weighted by Gasteiger charge is 2.46. The Balaban J connectivity index is 1.59. The predicted molar refractivity (Wildman–Crippen MR) is 102 cm³/mol. The second-order valence-corrected chi connectivity index (χ2v) is 7.84. The molecule has 0 saturated carbocycles. The Bertz CT molecular complexity index is 578. The van der Waals surface area contributed by atoms with E-state index in [1.165, 1.54) is 5.56 Å². The predicted octanol–water partition coefficient (Wildman–Crippen LogP) is 1.94. The normalized spacial score (nSPS) is 27.0. The molecule has 2 saturated heterocycles. The summed E-state index contributed by atoms with van der Waals surface area (Å²) in [6.45, 7) is 4.89. The van der Waals surface area contributed by atoms with Gasteiger partial charge in [0.2, 0.25) is 5.91 Å². The summed E-state index contributed by atoms with van der Waals surface area (Å²) in [5, 5.41) is 10.7. The molecule has 1 spiro atoms. The van der Waals surface area contributed by atoms with Crippen LogP contribution in [0.15, 0.2) is 30.3 Å². The molecule has 26 heavy (non-hydrogen) atoms. The number of aliphatic hydroxyl groups excluding tert-OH is 1. The molecule has 5 nitrogen and oxygen atoms in total.